The second-order valence-electron chi connectivity index (χ2n) is 4.28. The molecular weight excluding hydrogens is 278 g/mol. The highest BCUT2D eigenvalue weighted by Gasteiger charge is 2.04. The Balaban J connectivity index is 2.11. The predicted molar refractivity (Wildman–Crippen MR) is 78.7 cm³/mol. The Hall–Kier alpha value is -2.01. The van der Waals surface area contributed by atoms with Crippen LogP contribution in [0.1, 0.15) is 11.1 Å². The summed E-state index contributed by atoms with van der Waals surface area (Å²) in [5.41, 5.74) is 1.91. The summed E-state index contributed by atoms with van der Waals surface area (Å²) in [4.78, 5) is 0. The highest BCUT2D eigenvalue weighted by atomic mass is 35.5. The Bertz CT molecular complexity index is 583. The van der Waals surface area contributed by atoms with Gasteiger partial charge in [-0.25, -0.2) is 0 Å². The first-order valence-electron chi connectivity index (χ1n) is 6.08. The van der Waals surface area contributed by atoms with Gasteiger partial charge in [-0.15, -0.1) is 10.2 Å². The Morgan fingerprint density at radius 1 is 1.05 bits per heavy atom. The number of aromatic nitrogens is 2. The van der Waals surface area contributed by atoms with Crippen LogP contribution >= 0.6 is 11.6 Å². The van der Waals surface area contributed by atoms with Gasteiger partial charge in [-0.1, -0.05) is 11.6 Å². The number of hydrogen-bond acceptors (Lipinski definition) is 5. The molecule has 1 N–H and O–H groups in total. The first-order chi connectivity index (χ1) is 9.62. The minimum atomic E-state index is 0.415. The van der Waals surface area contributed by atoms with E-state index in [0.717, 1.165) is 22.6 Å². The van der Waals surface area contributed by atoms with Crippen molar-refractivity contribution >= 4 is 17.4 Å². The topological polar surface area (TPSA) is 56.3 Å². The highest BCUT2D eigenvalue weighted by molar-refractivity contribution is 6.30. The molecule has 0 spiro atoms. The standard InChI is InChI=1S/C14H16ClN3O2/c1-9-4-13(17-18-14(9)15)16-8-10-5-11(19-2)7-12(6-10)20-3/h4-7H,8H2,1-3H3,(H,16,17). The monoisotopic (exact) mass is 293 g/mol. The summed E-state index contributed by atoms with van der Waals surface area (Å²) in [5, 5.41) is 11.4. The first-order valence-corrected chi connectivity index (χ1v) is 6.46. The molecule has 1 aromatic heterocycles. The van der Waals surface area contributed by atoms with Crippen molar-refractivity contribution in [3.05, 3.63) is 40.5 Å². The largest absolute Gasteiger partial charge is 0.497 e. The lowest BCUT2D eigenvalue weighted by atomic mass is 10.2. The molecule has 0 radical (unpaired) electrons. The van der Waals surface area contributed by atoms with Gasteiger partial charge in [0.1, 0.15) is 17.3 Å². The van der Waals surface area contributed by atoms with Crippen molar-refractivity contribution in [3.8, 4) is 11.5 Å². The Labute approximate surface area is 122 Å². The van der Waals surface area contributed by atoms with Crippen molar-refractivity contribution in [2.45, 2.75) is 13.5 Å². The van der Waals surface area contributed by atoms with E-state index in [1.54, 1.807) is 14.2 Å². The molecule has 0 fully saturated rings. The maximum absolute atomic E-state index is 5.84. The molecular formula is C14H16ClN3O2. The molecule has 2 rings (SSSR count). The zero-order valence-electron chi connectivity index (χ0n) is 11.6. The predicted octanol–water partition coefficient (Wildman–Crippen LogP) is 3.07. The average Bonchev–Trinajstić information content (AvgIpc) is 2.48. The number of rotatable bonds is 5. The van der Waals surface area contributed by atoms with Crippen molar-refractivity contribution < 1.29 is 9.47 Å². The number of halogens is 1. The van der Waals surface area contributed by atoms with Gasteiger partial charge >= 0.3 is 0 Å². The summed E-state index contributed by atoms with van der Waals surface area (Å²) in [6, 6.07) is 7.56. The van der Waals surface area contributed by atoms with Crippen LogP contribution in [0.2, 0.25) is 5.15 Å². The van der Waals surface area contributed by atoms with Crippen LogP contribution in [-0.2, 0) is 6.54 Å². The molecule has 20 heavy (non-hydrogen) atoms. The SMILES string of the molecule is COc1cc(CNc2cc(C)c(Cl)nn2)cc(OC)c1. The van der Waals surface area contributed by atoms with Crippen LogP contribution in [0.15, 0.2) is 24.3 Å². The van der Waals surface area contributed by atoms with Crippen molar-refractivity contribution in [1.82, 2.24) is 10.2 Å². The maximum Gasteiger partial charge on any atom is 0.154 e. The van der Waals surface area contributed by atoms with E-state index in [4.69, 9.17) is 21.1 Å². The van der Waals surface area contributed by atoms with Crippen molar-refractivity contribution in [3.63, 3.8) is 0 Å². The normalized spacial score (nSPS) is 10.2. The average molecular weight is 294 g/mol. The fourth-order valence-electron chi connectivity index (χ4n) is 1.72. The summed E-state index contributed by atoms with van der Waals surface area (Å²) in [6.45, 7) is 2.47. The minimum Gasteiger partial charge on any atom is -0.497 e. The molecule has 1 heterocycles. The zero-order valence-corrected chi connectivity index (χ0v) is 12.4. The third-order valence-electron chi connectivity index (χ3n) is 2.81. The van der Waals surface area contributed by atoms with E-state index >= 15 is 0 Å². The smallest absolute Gasteiger partial charge is 0.154 e. The van der Waals surface area contributed by atoms with Crippen LogP contribution in [0.4, 0.5) is 5.82 Å². The molecule has 0 atom stereocenters. The molecule has 6 heteroatoms. The van der Waals surface area contributed by atoms with E-state index in [2.05, 4.69) is 15.5 Å². The fraction of sp³-hybridized carbons (Fsp3) is 0.286. The molecule has 1 aromatic carbocycles. The molecule has 2 aromatic rings. The molecule has 0 amide bonds. The van der Waals surface area contributed by atoms with E-state index in [9.17, 15) is 0 Å². The van der Waals surface area contributed by atoms with Gasteiger partial charge in [0.15, 0.2) is 5.15 Å². The fourth-order valence-corrected chi connectivity index (χ4v) is 1.81. The number of nitrogens with zero attached hydrogens (tertiary/aromatic N) is 2. The van der Waals surface area contributed by atoms with Gasteiger partial charge in [0, 0.05) is 12.6 Å². The van der Waals surface area contributed by atoms with Crippen molar-refractivity contribution in [1.29, 1.82) is 0 Å². The summed E-state index contributed by atoms with van der Waals surface area (Å²) in [6.07, 6.45) is 0. The van der Waals surface area contributed by atoms with Crippen LogP contribution in [0.5, 0.6) is 11.5 Å². The molecule has 106 valence electrons. The second kappa shape index (κ2) is 6.43. The van der Waals surface area contributed by atoms with Crippen LogP contribution in [0.3, 0.4) is 0 Å². The van der Waals surface area contributed by atoms with Gasteiger partial charge in [-0.2, -0.15) is 0 Å². The molecule has 0 saturated heterocycles. The molecule has 0 aliphatic carbocycles. The molecule has 0 saturated carbocycles. The van der Waals surface area contributed by atoms with Gasteiger partial charge in [0.05, 0.1) is 14.2 Å². The van der Waals surface area contributed by atoms with E-state index in [-0.39, 0.29) is 0 Å². The number of benzene rings is 1. The van der Waals surface area contributed by atoms with E-state index in [0.29, 0.717) is 17.5 Å². The lowest BCUT2D eigenvalue weighted by Gasteiger charge is -2.10. The third kappa shape index (κ3) is 3.51. The number of aryl methyl sites for hydroxylation is 1. The van der Waals surface area contributed by atoms with E-state index in [1.807, 2.05) is 31.2 Å². The summed E-state index contributed by atoms with van der Waals surface area (Å²) in [5.74, 6) is 2.17. The number of hydrogen-bond donors (Lipinski definition) is 1. The lowest BCUT2D eigenvalue weighted by Crippen LogP contribution is -2.03. The number of anilines is 1. The van der Waals surface area contributed by atoms with E-state index < -0.39 is 0 Å². The van der Waals surface area contributed by atoms with Crippen molar-refractivity contribution in [2.75, 3.05) is 19.5 Å². The van der Waals surface area contributed by atoms with Gasteiger partial charge in [-0.3, -0.25) is 0 Å². The third-order valence-corrected chi connectivity index (χ3v) is 3.18. The number of ether oxygens (including phenoxy) is 2. The quantitative estimate of drug-likeness (QED) is 0.918. The highest BCUT2D eigenvalue weighted by Crippen LogP contribution is 2.23. The Kier molecular flexibility index (Phi) is 4.63. The van der Waals surface area contributed by atoms with Crippen LogP contribution < -0.4 is 14.8 Å². The first kappa shape index (κ1) is 14.4. The van der Waals surface area contributed by atoms with E-state index in [1.165, 1.54) is 0 Å². The summed E-state index contributed by atoms with van der Waals surface area (Å²) < 4.78 is 10.5. The van der Waals surface area contributed by atoms with Gasteiger partial charge < -0.3 is 14.8 Å². The lowest BCUT2D eigenvalue weighted by molar-refractivity contribution is 0.393. The number of methoxy groups -OCH3 is 2. The van der Waals surface area contributed by atoms with Crippen molar-refractivity contribution in [2.24, 2.45) is 0 Å². The van der Waals surface area contributed by atoms with Gasteiger partial charge in [0.2, 0.25) is 0 Å². The molecule has 5 nitrogen and oxygen atoms in total. The maximum atomic E-state index is 5.84. The number of nitrogens with one attached hydrogen (secondary N) is 1. The molecule has 0 aliphatic rings. The second-order valence-corrected chi connectivity index (χ2v) is 4.64. The van der Waals surface area contributed by atoms with Gasteiger partial charge in [-0.05, 0) is 36.2 Å². The zero-order chi connectivity index (χ0) is 14.5. The van der Waals surface area contributed by atoms with Crippen LogP contribution in [0.25, 0.3) is 0 Å². The Morgan fingerprint density at radius 2 is 1.70 bits per heavy atom. The summed E-state index contributed by atoms with van der Waals surface area (Å²) >= 11 is 5.84. The van der Waals surface area contributed by atoms with Gasteiger partial charge in [0.25, 0.3) is 0 Å². The Morgan fingerprint density at radius 3 is 2.25 bits per heavy atom. The molecule has 0 aliphatic heterocycles. The molecule has 0 bridgehead atoms. The molecule has 0 unspecified atom stereocenters. The van der Waals surface area contributed by atoms with Crippen LogP contribution in [0, 0.1) is 6.92 Å². The summed E-state index contributed by atoms with van der Waals surface area (Å²) in [7, 11) is 3.25. The van der Waals surface area contributed by atoms with Crippen LogP contribution in [-0.4, -0.2) is 24.4 Å². The minimum absolute atomic E-state index is 0.415.